The maximum atomic E-state index is 12.2. The second-order valence-corrected chi connectivity index (χ2v) is 5.04. The lowest BCUT2D eigenvalue weighted by Crippen LogP contribution is -2.35. The molecule has 19 heavy (non-hydrogen) atoms. The van der Waals surface area contributed by atoms with Gasteiger partial charge in [-0.15, -0.1) is 0 Å². The fourth-order valence-electron chi connectivity index (χ4n) is 2.61. The minimum atomic E-state index is 0.0549. The van der Waals surface area contributed by atoms with Crippen LogP contribution >= 0.6 is 0 Å². The van der Waals surface area contributed by atoms with Crippen molar-refractivity contribution >= 4 is 11.6 Å². The van der Waals surface area contributed by atoms with Crippen molar-refractivity contribution < 1.29 is 9.53 Å². The van der Waals surface area contributed by atoms with E-state index in [1.54, 1.807) is 4.90 Å². The number of anilines is 1. The van der Waals surface area contributed by atoms with E-state index in [0.717, 1.165) is 18.5 Å². The van der Waals surface area contributed by atoms with E-state index in [4.69, 9.17) is 4.74 Å². The monoisotopic (exact) mass is 261 g/mol. The number of likely N-dealkylation sites (N-methyl/N-ethyl adjacent to an activating group) is 1. The molecule has 0 atom stereocenters. The molecule has 0 heterocycles. The summed E-state index contributed by atoms with van der Waals surface area (Å²) in [5, 5.41) is 0. The molecule has 104 valence electrons. The van der Waals surface area contributed by atoms with Gasteiger partial charge < -0.3 is 9.64 Å². The van der Waals surface area contributed by atoms with Crippen LogP contribution in [0.1, 0.15) is 39.0 Å². The fourth-order valence-corrected chi connectivity index (χ4v) is 2.61. The molecule has 0 aliphatic heterocycles. The molecule has 1 aromatic rings. The first kappa shape index (κ1) is 14.1. The maximum absolute atomic E-state index is 12.2. The average molecular weight is 261 g/mol. The Balaban J connectivity index is 1.86. The molecule has 1 saturated carbocycles. The van der Waals surface area contributed by atoms with Crippen LogP contribution in [-0.2, 0) is 9.53 Å². The van der Waals surface area contributed by atoms with Crippen molar-refractivity contribution in [1.29, 1.82) is 0 Å². The van der Waals surface area contributed by atoms with Gasteiger partial charge in [0.1, 0.15) is 6.61 Å². The third kappa shape index (κ3) is 4.06. The smallest absolute Gasteiger partial charge is 0.252 e. The number of nitrogens with zero attached hydrogens (tertiary/aromatic N) is 1. The molecule has 0 saturated heterocycles. The third-order valence-corrected chi connectivity index (χ3v) is 3.68. The minimum Gasteiger partial charge on any atom is -0.368 e. The van der Waals surface area contributed by atoms with Gasteiger partial charge >= 0.3 is 0 Å². The normalized spacial score (nSPS) is 16.3. The Morgan fingerprint density at radius 2 is 1.89 bits per heavy atom. The van der Waals surface area contributed by atoms with Gasteiger partial charge in [0.2, 0.25) is 0 Å². The van der Waals surface area contributed by atoms with Crippen molar-refractivity contribution in [1.82, 2.24) is 0 Å². The van der Waals surface area contributed by atoms with E-state index in [1.807, 2.05) is 37.3 Å². The minimum absolute atomic E-state index is 0.0549. The summed E-state index contributed by atoms with van der Waals surface area (Å²) < 4.78 is 5.76. The van der Waals surface area contributed by atoms with Gasteiger partial charge in [0.25, 0.3) is 5.91 Å². The van der Waals surface area contributed by atoms with Gasteiger partial charge in [0, 0.05) is 12.2 Å². The van der Waals surface area contributed by atoms with Crippen LogP contribution in [0, 0.1) is 0 Å². The van der Waals surface area contributed by atoms with Crippen molar-refractivity contribution in [3.63, 3.8) is 0 Å². The van der Waals surface area contributed by atoms with Crippen LogP contribution in [0.2, 0.25) is 0 Å². The molecular formula is C16H23NO2. The molecule has 1 aliphatic rings. The fraction of sp³-hybridized carbons (Fsp3) is 0.562. The predicted octanol–water partition coefficient (Wildman–Crippen LogP) is 3.39. The number of carbonyl (C=O) groups is 1. The number of ether oxygens (including phenoxy) is 1. The zero-order valence-corrected chi connectivity index (χ0v) is 11.7. The number of rotatable bonds is 5. The Morgan fingerprint density at radius 3 is 2.53 bits per heavy atom. The van der Waals surface area contributed by atoms with Gasteiger partial charge in [0.15, 0.2) is 0 Å². The summed E-state index contributed by atoms with van der Waals surface area (Å²) in [6.07, 6.45) is 6.26. The quantitative estimate of drug-likeness (QED) is 0.813. The number of carbonyl (C=O) groups excluding carboxylic acids is 1. The third-order valence-electron chi connectivity index (χ3n) is 3.68. The molecule has 0 N–H and O–H groups in total. The first-order valence-corrected chi connectivity index (χ1v) is 7.28. The molecule has 1 aromatic carbocycles. The summed E-state index contributed by atoms with van der Waals surface area (Å²) in [5.41, 5.74) is 0.947. The van der Waals surface area contributed by atoms with Crippen LogP contribution in [0.15, 0.2) is 30.3 Å². The molecule has 1 fully saturated rings. The summed E-state index contributed by atoms with van der Waals surface area (Å²) in [5.74, 6) is 0.0549. The molecule has 0 aromatic heterocycles. The van der Waals surface area contributed by atoms with E-state index in [0.29, 0.717) is 6.54 Å². The predicted molar refractivity (Wildman–Crippen MR) is 77.3 cm³/mol. The lowest BCUT2D eigenvalue weighted by Gasteiger charge is -2.25. The first-order valence-electron chi connectivity index (χ1n) is 7.28. The van der Waals surface area contributed by atoms with Crippen molar-refractivity contribution in [2.75, 3.05) is 18.1 Å². The zero-order valence-electron chi connectivity index (χ0n) is 11.7. The highest BCUT2D eigenvalue weighted by Gasteiger charge is 2.18. The SMILES string of the molecule is CCN(C(=O)COC1CCCCC1)c1ccccc1. The molecule has 1 aliphatic carbocycles. The summed E-state index contributed by atoms with van der Waals surface area (Å²) in [6, 6.07) is 9.78. The summed E-state index contributed by atoms with van der Waals surface area (Å²) in [4.78, 5) is 14.0. The molecule has 0 radical (unpaired) electrons. The van der Waals surface area contributed by atoms with Crippen LogP contribution in [0.3, 0.4) is 0 Å². The van der Waals surface area contributed by atoms with Gasteiger partial charge in [0.05, 0.1) is 6.10 Å². The standard InChI is InChI=1S/C16H23NO2/c1-2-17(14-9-5-3-6-10-14)16(18)13-19-15-11-7-4-8-12-15/h3,5-6,9-10,15H,2,4,7-8,11-13H2,1H3. The van der Waals surface area contributed by atoms with Crippen molar-refractivity contribution in [2.24, 2.45) is 0 Å². The Morgan fingerprint density at radius 1 is 1.21 bits per heavy atom. The molecule has 3 nitrogen and oxygen atoms in total. The first-order chi connectivity index (χ1) is 9.31. The van der Waals surface area contributed by atoms with E-state index >= 15 is 0 Å². The summed E-state index contributed by atoms with van der Waals surface area (Å²) in [7, 11) is 0. The van der Waals surface area contributed by atoms with Crippen molar-refractivity contribution in [3.8, 4) is 0 Å². The maximum Gasteiger partial charge on any atom is 0.252 e. The molecule has 3 heteroatoms. The van der Waals surface area contributed by atoms with Gasteiger partial charge in [-0.3, -0.25) is 4.79 Å². The summed E-state index contributed by atoms with van der Waals surface area (Å²) >= 11 is 0. The average Bonchev–Trinajstić information content (AvgIpc) is 2.48. The largest absolute Gasteiger partial charge is 0.368 e. The number of amides is 1. The lowest BCUT2D eigenvalue weighted by atomic mass is 9.98. The highest BCUT2D eigenvalue weighted by atomic mass is 16.5. The second kappa shape index (κ2) is 7.29. The Bertz CT molecular complexity index is 385. The van der Waals surface area contributed by atoms with E-state index in [9.17, 15) is 4.79 Å². The van der Waals surface area contributed by atoms with Crippen LogP contribution < -0.4 is 4.90 Å². The Kier molecular flexibility index (Phi) is 5.40. The highest BCUT2D eigenvalue weighted by Crippen LogP contribution is 2.20. The topological polar surface area (TPSA) is 29.5 Å². The molecule has 1 amide bonds. The highest BCUT2D eigenvalue weighted by molar-refractivity contribution is 5.94. The summed E-state index contributed by atoms with van der Waals surface area (Å²) in [6.45, 7) is 2.87. The van der Waals surface area contributed by atoms with E-state index in [1.165, 1.54) is 19.3 Å². The van der Waals surface area contributed by atoms with E-state index < -0.39 is 0 Å². The molecule has 0 bridgehead atoms. The van der Waals surface area contributed by atoms with E-state index in [-0.39, 0.29) is 18.6 Å². The van der Waals surface area contributed by atoms with Crippen molar-refractivity contribution in [3.05, 3.63) is 30.3 Å². The second-order valence-electron chi connectivity index (χ2n) is 5.04. The van der Waals surface area contributed by atoms with Gasteiger partial charge in [-0.1, -0.05) is 37.5 Å². The van der Waals surface area contributed by atoms with Gasteiger partial charge in [-0.25, -0.2) is 0 Å². The van der Waals surface area contributed by atoms with E-state index in [2.05, 4.69) is 0 Å². The van der Waals surface area contributed by atoms with Crippen LogP contribution in [0.25, 0.3) is 0 Å². The number of hydrogen-bond acceptors (Lipinski definition) is 2. The van der Waals surface area contributed by atoms with Crippen LogP contribution in [0.5, 0.6) is 0 Å². The Hall–Kier alpha value is -1.35. The van der Waals surface area contributed by atoms with Crippen LogP contribution in [0.4, 0.5) is 5.69 Å². The Labute approximate surface area is 115 Å². The lowest BCUT2D eigenvalue weighted by molar-refractivity contribution is -0.125. The number of para-hydroxylation sites is 1. The molecule has 2 rings (SSSR count). The van der Waals surface area contributed by atoms with Gasteiger partial charge in [-0.2, -0.15) is 0 Å². The number of hydrogen-bond donors (Lipinski definition) is 0. The molecule has 0 spiro atoms. The zero-order chi connectivity index (χ0) is 13.5. The van der Waals surface area contributed by atoms with Crippen LogP contribution in [-0.4, -0.2) is 25.2 Å². The molecule has 0 unspecified atom stereocenters. The number of benzene rings is 1. The van der Waals surface area contributed by atoms with Crippen molar-refractivity contribution in [2.45, 2.75) is 45.1 Å². The molecular weight excluding hydrogens is 238 g/mol. The van der Waals surface area contributed by atoms with Gasteiger partial charge in [-0.05, 0) is 31.9 Å².